The number of piperidine rings is 1. The summed E-state index contributed by atoms with van der Waals surface area (Å²) >= 11 is 0. The molecule has 0 aromatic carbocycles. The molecule has 2 saturated heterocycles. The molecule has 0 amide bonds. The molecule has 0 radical (unpaired) electrons. The van der Waals surface area contributed by atoms with E-state index in [1.165, 1.54) is 17.0 Å². The number of anilines is 1. The molecule has 7 nitrogen and oxygen atoms in total. The van der Waals surface area contributed by atoms with Crippen molar-refractivity contribution in [2.45, 2.75) is 31.9 Å². The fourth-order valence-corrected chi connectivity index (χ4v) is 4.47. The zero-order valence-electron chi connectivity index (χ0n) is 16.3. The molecule has 0 atom stereocenters. The highest BCUT2D eigenvalue weighted by molar-refractivity contribution is 5.58. The number of imidazole rings is 1. The third-order valence-electron chi connectivity index (χ3n) is 6.10. The molecule has 1 spiro atoms. The van der Waals surface area contributed by atoms with Gasteiger partial charge in [-0.2, -0.15) is 13.2 Å². The fraction of sp³-hybridized carbons (Fsp3) is 0.500. The second-order valence-electron chi connectivity index (χ2n) is 8.02. The zero-order valence-corrected chi connectivity index (χ0v) is 16.3. The highest BCUT2D eigenvalue weighted by atomic mass is 19.4. The first-order valence-corrected chi connectivity index (χ1v) is 10.0. The molecule has 0 saturated carbocycles. The average molecular weight is 418 g/mol. The van der Waals surface area contributed by atoms with E-state index in [0.29, 0.717) is 17.2 Å². The third kappa shape index (κ3) is 3.49. The van der Waals surface area contributed by atoms with Gasteiger partial charge in [0.25, 0.3) is 0 Å². The molecule has 0 bridgehead atoms. The number of alkyl halides is 3. The van der Waals surface area contributed by atoms with E-state index in [9.17, 15) is 13.2 Å². The molecule has 2 fully saturated rings. The van der Waals surface area contributed by atoms with Gasteiger partial charge in [-0.3, -0.25) is 4.40 Å². The minimum Gasteiger partial charge on any atom is -0.381 e. The Kier molecular flexibility index (Phi) is 4.61. The van der Waals surface area contributed by atoms with E-state index < -0.39 is 11.9 Å². The SMILES string of the molecule is FC(F)(F)c1cn2c(-c3nccc(N4CCCC5(CCOCC5)C4)n3)cnc2cn1. The Morgan fingerprint density at radius 2 is 1.87 bits per heavy atom. The van der Waals surface area contributed by atoms with E-state index in [2.05, 4.69) is 24.8 Å². The van der Waals surface area contributed by atoms with Crippen LogP contribution in [-0.4, -0.2) is 50.6 Å². The number of nitrogens with zero attached hydrogens (tertiary/aromatic N) is 6. The number of hydrogen-bond donors (Lipinski definition) is 0. The van der Waals surface area contributed by atoms with Gasteiger partial charge in [-0.15, -0.1) is 0 Å². The normalized spacial score (nSPS) is 19.5. The molecule has 2 aliphatic heterocycles. The lowest BCUT2D eigenvalue weighted by molar-refractivity contribution is -0.141. The summed E-state index contributed by atoms with van der Waals surface area (Å²) in [6, 6.07) is 1.85. The Labute approximate surface area is 170 Å². The van der Waals surface area contributed by atoms with Crippen molar-refractivity contribution in [3.8, 4) is 11.5 Å². The number of fused-ring (bicyclic) bond motifs is 1. The fourth-order valence-electron chi connectivity index (χ4n) is 4.47. The van der Waals surface area contributed by atoms with Gasteiger partial charge in [0.2, 0.25) is 0 Å². The quantitative estimate of drug-likeness (QED) is 0.634. The molecule has 0 N–H and O–H groups in total. The molecule has 0 unspecified atom stereocenters. The van der Waals surface area contributed by atoms with Crippen LogP contribution in [0.4, 0.5) is 19.0 Å². The Hall–Kier alpha value is -2.75. The van der Waals surface area contributed by atoms with Crippen LogP contribution in [0.15, 0.2) is 30.9 Å². The van der Waals surface area contributed by atoms with Gasteiger partial charge in [-0.25, -0.2) is 19.9 Å². The van der Waals surface area contributed by atoms with Crippen LogP contribution in [-0.2, 0) is 10.9 Å². The molecule has 3 aromatic heterocycles. The Bertz CT molecular complexity index is 1050. The standard InChI is InChI=1S/C20H21F3N6O/c21-20(22,23)15-12-29-14(10-26-17(29)11-25-15)18-24-6-2-16(27-18)28-7-1-3-19(13-28)4-8-30-9-5-19/h2,6,10-12H,1,3-5,7-9,13H2. The van der Waals surface area contributed by atoms with Gasteiger partial charge in [0.05, 0.1) is 12.4 Å². The first kappa shape index (κ1) is 19.2. The summed E-state index contributed by atoms with van der Waals surface area (Å²) in [5, 5.41) is 0. The number of rotatable bonds is 2. The maximum Gasteiger partial charge on any atom is 0.434 e. The Balaban J connectivity index is 1.48. The molecular formula is C20H21F3N6O. The first-order chi connectivity index (χ1) is 14.4. The summed E-state index contributed by atoms with van der Waals surface area (Å²) in [4.78, 5) is 18.8. The van der Waals surface area contributed by atoms with Gasteiger partial charge in [0.15, 0.2) is 17.2 Å². The van der Waals surface area contributed by atoms with Crippen molar-refractivity contribution in [2.75, 3.05) is 31.2 Å². The molecule has 30 heavy (non-hydrogen) atoms. The summed E-state index contributed by atoms with van der Waals surface area (Å²) in [6.45, 7) is 3.39. The van der Waals surface area contributed by atoms with Crippen molar-refractivity contribution in [3.05, 3.63) is 36.5 Å². The third-order valence-corrected chi connectivity index (χ3v) is 6.10. The molecule has 5 heterocycles. The Morgan fingerprint density at radius 3 is 2.67 bits per heavy atom. The lowest BCUT2D eigenvalue weighted by Gasteiger charge is -2.45. The smallest absolute Gasteiger partial charge is 0.381 e. The number of ether oxygens (including phenoxy) is 1. The summed E-state index contributed by atoms with van der Waals surface area (Å²) in [5.41, 5.74) is -0.0235. The molecule has 5 rings (SSSR count). The highest BCUT2D eigenvalue weighted by Crippen LogP contribution is 2.40. The van der Waals surface area contributed by atoms with Crippen LogP contribution in [0.5, 0.6) is 0 Å². The largest absolute Gasteiger partial charge is 0.434 e. The predicted octanol–water partition coefficient (Wildman–Crippen LogP) is 3.60. The van der Waals surface area contributed by atoms with Crippen LogP contribution in [0, 0.1) is 5.41 Å². The Morgan fingerprint density at radius 1 is 1.03 bits per heavy atom. The number of hydrogen-bond acceptors (Lipinski definition) is 6. The number of aromatic nitrogens is 5. The van der Waals surface area contributed by atoms with Crippen molar-refractivity contribution < 1.29 is 17.9 Å². The van der Waals surface area contributed by atoms with Gasteiger partial charge in [0.1, 0.15) is 11.5 Å². The van der Waals surface area contributed by atoms with Crippen molar-refractivity contribution in [1.82, 2.24) is 24.3 Å². The van der Waals surface area contributed by atoms with Gasteiger partial charge in [-0.1, -0.05) is 0 Å². The lowest BCUT2D eigenvalue weighted by atomic mass is 9.74. The van der Waals surface area contributed by atoms with Gasteiger partial charge in [0, 0.05) is 38.7 Å². The summed E-state index contributed by atoms with van der Waals surface area (Å²) in [7, 11) is 0. The van der Waals surface area contributed by atoms with Crippen LogP contribution in [0.3, 0.4) is 0 Å². The lowest BCUT2D eigenvalue weighted by Crippen LogP contribution is -2.46. The maximum atomic E-state index is 13.1. The van der Waals surface area contributed by atoms with Crippen LogP contribution in [0.25, 0.3) is 17.2 Å². The monoisotopic (exact) mass is 418 g/mol. The molecule has 3 aromatic rings. The van der Waals surface area contributed by atoms with Crippen LogP contribution in [0.2, 0.25) is 0 Å². The minimum atomic E-state index is -4.54. The maximum absolute atomic E-state index is 13.1. The van der Waals surface area contributed by atoms with Gasteiger partial charge >= 0.3 is 6.18 Å². The summed E-state index contributed by atoms with van der Waals surface area (Å²) in [5.74, 6) is 1.12. The van der Waals surface area contributed by atoms with Crippen LogP contribution >= 0.6 is 0 Å². The second-order valence-corrected chi connectivity index (χ2v) is 8.02. The van der Waals surface area contributed by atoms with E-state index in [1.54, 1.807) is 6.20 Å². The van der Waals surface area contributed by atoms with Crippen LogP contribution in [0.1, 0.15) is 31.4 Å². The average Bonchev–Trinajstić information content (AvgIpc) is 3.17. The topological polar surface area (TPSA) is 68.4 Å². The van der Waals surface area contributed by atoms with E-state index in [4.69, 9.17) is 4.74 Å². The van der Waals surface area contributed by atoms with E-state index in [1.807, 2.05) is 6.07 Å². The molecule has 10 heteroatoms. The second kappa shape index (κ2) is 7.19. The van der Waals surface area contributed by atoms with Crippen molar-refractivity contribution in [3.63, 3.8) is 0 Å². The first-order valence-electron chi connectivity index (χ1n) is 10.0. The highest BCUT2D eigenvalue weighted by Gasteiger charge is 2.37. The summed E-state index contributed by atoms with van der Waals surface area (Å²) in [6.07, 6.45) is 4.98. The van der Waals surface area contributed by atoms with Crippen LogP contribution < -0.4 is 4.90 Å². The minimum absolute atomic E-state index is 0.248. The molecular weight excluding hydrogens is 397 g/mol. The molecule has 0 aliphatic carbocycles. The zero-order chi connectivity index (χ0) is 20.8. The van der Waals surface area contributed by atoms with Crippen molar-refractivity contribution in [1.29, 1.82) is 0 Å². The number of halogens is 3. The van der Waals surface area contributed by atoms with E-state index in [-0.39, 0.29) is 5.41 Å². The summed E-state index contributed by atoms with van der Waals surface area (Å²) < 4.78 is 46.2. The molecule has 158 valence electrons. The van der Waals surface area contributed by atoms with Gasteiger partial charge in [-0.05, 0) is 37.2 Å². The molecule has 2 aliphatic rings. The van der Waals surface area contributed by atoms with Crippen molar-refractivity contribution >= 4 is 11.5 Å². The van der Waals surface area contributed by atoms with Gasteiger partial charge < -0.3 is 9.64 Å². The van der Waals surface area contributed by atoms with Crippen molar-refractivity contribution in [2.24, 2.45) is 5.41 Å². The van der Waals surface area contributed by atoms with E-state index >= 15 is 0 Å². The predicted molar refractivity (Wildman–Crippen MR) is 103 cm³/mol. The van der Waals surface area contributed by atoms with E-state index in [0.717, 1.165) is 63.8 Å².